The van der Waals surface area contributed by atoms with E-state index in [1.165, 1.54) is 18.2 Å². The number of anilines is 1. The van der Waals surface area contributed by atoms with Gasteiger partial charge in [-0.25, -0.2) is 4.90 Å². The average molecular weight is 570 g/mol. The van der Waals surface area contributed by atoms with Crippen LogP contribution in [0.1, 0.15) is 42.2 Å². The Morgan fingerprint density at radius 2 is 1.48 bits per heavy atom. The number of nitrogens with zero attached hydrogens (tertiary/aromatic N) is 3. The van der Waals surface area contributed by atoms with Crippen LogP contribution in [0.3, 0.4) is 0 Å². The molecule has 212 valence electrons. The minimum absolute atomic E-state index is 0.157. The van der Waals surface area contributed by atoms with Crippen molar-refractivity contribution in [3.8, 4) is 0 Å². The fraction of sp³-hybridized carbons (Fsp3) is 0.182. The van der Waals surface area contributed by atoms with Gasteiger partial charge in [-0.1, -0.05) is 60.7 Å². The minimum atomic E-state index is -4.63. The van der Waals surface area contributed by atoms with Crippen LogP contribution in [0.25, 0.3) is 16.8 Å². The smallest absolute Gasteiger partial charge is 0.336 e. The molecule has 0 N–H and O–H groups in total. The zero-order valence-corrected chi connectivity index (χ0v) is 22.5. The summed E-state index contributed by atoms with van der Waals surface area (Å²) in [5, 5.41) is 0.805. The monoisotopic (exact) mass is 569 g/mol. The molecule has 6 nitrogen and oxygen atoms in total. The van der Waals surface area contributed by atoms with Crippen molar-refractivity contribution in [2.24, 2.45) is 0 Å². The lowest BCUT2D eigenvalue weighted by Gasteiger charge is -2.34. The molecule has 2 aliphatic heterocycles. The van der Waals surface area contributed by atoms with Crippen LogP contribution >= 0.6 is 0 Å². The molecule has 0 saturated carbocycles. The molecule has 0 radical (unpaired) electrons. The first-order valence-corrected chi connectivity index (χ1v) is 13.6. The normalized spacial score (nSPS) is 16.1. The molecule has 0 aromatic heterocycles. The Bertz CT molecular complexity index is 1700. The predicted octanol–water partition coefficient (Wildman–Crippen LogP) is 6.13. The fourth-order valence-electron chi connectivity index (χ4n) is 5.54. The molecule has 2 heterocycles. The topological polar surface area (TPSA) is 60.9 Å². The van der Waals surface area contributed by atoms with Gasteiger partial charge in [-0.3, -0.25) is 19.3 Å². The van der Waals surface area contributed by atoms with E-state index in [1.54, 1.807) is 23.1 Å². The number of hydrogen-bond acceptors (Lipinski definition) is 4. The zero-order chi connectivity index (χ0) is 29.4. The van der Waals surface area contributed by atoms with Gasteiger partial charge in [-0.15, -0.1) is 0 Å². The molecule has 0 atom stereocenters. The van der Waals surface area contributed by atoms with Crippen molar-refractivity contribution >= 4 is 40.3 Å². The number of halogens is 3. The van der Waals surface area contributed by atoms with Crippen LogP contribution in [0.15, 0.2) is 91.0 Å². The standard InChI is InChI=1S/C33H26F3N3O3/c34-33(35,36)23-10-4-11-24(21-23)39-31(41)27-13-5-12-25-26(14-15-28(29(25)27)32(39)42)30(40)38-19-17-37(18-20-38)16-6-9-22-7-2-1-3-8-22/h1-15,21H,16-20H2. The van der Waals surface area contributed by atoms with Crippen LogP contribution in [0.5, 0.6) is 0 Å². The second-order valence-electron chi connectivity index (χ2n) is 10.3. The van der Waals surface area contributed by atoms with E-state index in [4.69, 9.17) is 0 Å². The number of hydrogen-bond donors (Lipinski definition) is 0. The summed E-state index contributed by atoms with van der Waals surface area (Å²) in [4.78, 5) is 45.4. The van der Waals surface area contributed by atoms with Crippen molar-refractivity contribution in [3.05, 3.63) is 119 Å². The lowest BCUT2D eigenvalue weighted by molar-refractivity contribution is -0.137. The zero-order valence-electron chi connectivity index (χ0n) is 22.5. The van der Waals surface area contributed by atoms with Crippen LogP contribution < -0.4 is 4.90 Å². The van der Waals surface area contributed by atoms with Crippen molar-refractivity contribution in [2.75, 3.05) is 37.6 Å². The molecule has 1 saturated heterocycles. The van der Waals surface area contributed by atoms with E-state index in [9.17, 15) is 27.6 Å². The maximum absolute atomic E-state index is 13.6. The van der Waals surface area contributed by atoms with Crippen molar-refractivity contribution in [1.82, 2.24) is 9.80 Å². The van der Waals surface area contributed by atoms with E-state index < -0.39 is 23.6 Å². The third kappa shape index (κ3) is 5.07. The number of carbonyl (C=O) groups excluding carboxylic acids is 3. The largest absolute Gasteiger partial charge is 0.416 e. The van der Waals surface area contributed by atoms with Crippen molar-refractivity contribution < 1.29 is 27.6 Å². The van der Waals surface area contributed by atoms with Gasteiger partial charge in [0, 0.05) is 54.8 Å². The first kappa shape index (κ1) is 27.4. The lowest BCUT2D eigenvalue weighted by Crippen LogP contribution is -2.48. The Morgan fingerprint density at radius 3 is 2.19 bits per heavy atom. The number of benzene rings is 4. The average Bonchev–Trinajstić information content (AvgIpc) is 3.00. The summed E-state index contributed by atoms with van der Waals surface area (Å²) in [6, 6.07) is 22.1. The molecule has 9 heteroatoms. The molecule has 6 rings (SSSR count). The van der Waals surface area contributed by atoms with Gasteiger partial charge < -0.3 is 4.90 Å². The summed E-state index contributed by atoms with van der Waals surface area (Å²) in [5.41, 5.74) is 0.690. The number of carbonyl (C=O) groups is 3. The molecule has 0 unspecified atom stereocenters. The summed E-state index contributed by atoms with van der Waals surface area (Å²) < 4.78 is 40.0. The highest BCUT2D eigenvalue weighted by Crippen LogP contribution is 2.37. The van der Waals surface area contributed by atoms with Crippen LogP contribution in [0.2, 0.25) is 0 Å². The molecular formula is C33H26F3N3O3. The van der Waals surface area contributed by atoms with Crippen molar-refractivity contribution in [3.63, 3.8) is 0 Å². The Labute approximate surface area is 240 Å². The third-order valence-electron chi connectivity index (χ3n) is 7.70. The Kier molecular flexibility index (Phi) is 7.12. The van der Waals surface area contributed by atoms with Gasteiger partial charge in [0.05, 0.1) is 11.3 Å². The van der Waals surface area contributed by atoms with Gasteiger partial charge in [-0.05, 0) is 47.3 Å². The minimum Gasteiger partial charge on any atom is -0.336 e. The first-order valence-electron chi connectivity index (χ1n) is 13.6. The number of piperazine rings is 1. The van der Waals surface area contributed by atoms with Gasteiger partial charge in [-0.2, -0.15) is 13.2 Å². The highest BCUT2D eigenvalue weighted by atomic mass is 19.4. The van der Waals surface area contributed by atoms with E-state index in [-0.39, 0.29) is 22.7 Å². The van der Waals surface area contributed by atoms with E-state index in [2.05, 4.69) is 17.1 Å². The maximum atomic E-state index is 13.6. The summed E-state index contributed by atoms with van der Waals surface area (Å²) in [6.45, 7) is 3.24. The fourth-order valence-corrected chi connectivity index (χ4v) is 5.54. The molecule has 2 aliphatic rings. The van der Waals surface area contributed by atoms with Gasteiger partial charge in [0.2, 0.25) is 0 Å². The molecule has 42 heavy (non-hydrogen) atoms. The molecule has 0 spiro atoms. The van der Waals surface area contributed by atoms with Crippen LogP contribution in [0, 0.1) is 0 Å². The number of imide groups is 1. The first-order chi connectivity index (χ1) is 20.2. The Hall–Kier alpha value is -4.76. The number of amides is 3. The van der Waals surface area contributed by atoms with Crippen molar-refractivity contribution in [1.29, 1.82) is 0 Å². The predicted molar refractivity (Wildman–Crippen MR) is 154 cm³/mol. The Balaban J connectivity index is 1.23. The SMILES string of the molecule is O=C(c1ccc2c3c(cccc13)C(=O)N(c1cccc(C(F)(F)F)c1)C2=O)N1CCN(CC=Cc2ccccc2)CC1. The van der Waals surface area contributed by atoms with E-state index in [1.807, 2.05) is 30.3 Å². The quantitative estimate of drug-likeness (QED) is 0.272. The highest BCUT2D eigenvalue weighted by molar-refractivity contribution is 6.36. The molecule has 0 bridgehead atoms. The second-order valence-corrected chi connectivity index (χ2v) is 10.3. The van der Waals surface area contributed by atoms with E-state index in [0.717, 1.165) is 35.2 Å². The number of alkyl halides is 3. The third-order valence-corrected chi connectivity index (χ3v) is 7.70. The highest BCUT2D eigenvalue weighted by Gasteiger charge is 2.37. The van der Waals surface area contributed by atoms with Gasteiger partial charge >= 0.3 is 6.18 Å². The van der Waals surface area contributed by atoms with E-state index in [0.29, 0.717) is 42.5 Å². The summed E-state index contributed by atoms with van der Waals surface area (Å²) in [6.07, 6.45) is -0.450. The molecule has 4 aromatic rings. The van der Waals surface area contributed by atoms with Crippen LogP contribution in [-0.4, -0.2) is 60.2 Å². The van der Waals surface area contributed by atoms with E-state index >= 15 is 0 Å². The number of rotatable bonds is 5. The molecule has 0 aliphatic carbocycles. The van der Waals surface area contributed by atoms with Gasteiger partial charge in [0.15, 0.2) is 0 Å². The van der Waals surface area contributed by atoms with Crippen LogP contribution in [-0.2, 0) is 6.18 Å². The Morgan fingerprint density at radius 1 is 0.786 bits per heavy atom. The molecule has 1 fully saturated rings. The molecule has 4 aromatic carbocycles. The van der Waals surface area contributed by atoms with Crippen molar-refractivity contribution in [2.45, 2.75) is 6.18 Å². The second kappa shape index (κ2) is 10.9. The van der Waals surface area contributed by atoms with Gasteiger partial charge in [0.25, 0.3) is 17.7 Å². The maximum Gasteiger partial charge on any atom is 0.416 e. The van der Waals surface area contributed by atoms with Crippen LogP contribution in [0.4, 0.5) is 18.9 Å². The summed E-state index contributed by atoms with van der Waals surface area (Å²) in [7, 11) is 0. The lowest BCUT2D eigenvalue weighted by atomic mass is 9.90. The van der Waals surface area contributed by atoms with Gasteiger partial charge in [0.1, 0.15) is 0 Å². The molecule has 3 amide bonds. The summed E-state index contributed by atoms with van der Waals surface area (Å²) >= 11 is 0. The molecular weight excluding hydrogens is 543 g/mol. The summed E-state index contributed by atoms with van der Waals surface area (Å²) in [5.74, 6) is -1.67.